The van der Waals surface area contributed by atoms with E-state index in [1.807, 2.05) is 6.92 Å². The number of rotatable bonds is 1. The molecule has 0 rings (SSSR count). The smallest absolute Gasteiger partial charge is 0.0777 e. The second kappa shape index (κ2) is 1.97. The van der Waals surface area contributed by atoms with Crippen molar-refractivity contribution >= 4 is 8.07 Å². The largest absolute Gasteiger partial charge is 0.397 e. The van der Waals surface area contributed by atoms with E-state index in [1.54, 1.807) is 0 Å². The molecule has 0 unspecified atom stereocenters. The Labute approximate surface area is 46.4 Å². The number of aliphatic hydroxyl groups is 1. The maximum Gasteiger partial charge on any atom is 0.0777 e. The average molecular weight is 118 g/mol. The van der Waals surface area contributed by atoms with Gasteiger partial charge in [-0.25, -0.2) is 0 Å². The third kappa shape index (κ3) is 2.82. The SMILES string of the molecule is C[C@@H](O)[Si](C)(C)C. The van der Waals surface area contributed by atoms with Crippen molar-refractivity contribution in [2.24, 2.45) is 0 Å². The number of aliphatic hydroxyl groups excluding tert-OH is 1. The Morgan fingerprint density at radius 3 is 1.43 bits per heavy atom. The fourth-order valence-corrected chi connectivity index (χ4v) is 0. The van der Waals surface area contributed by atoms with Crippen LogP contribution in [-0.4, -0.2) is 18.9 Å². The summed E-state index contributed by atoms with van der Waals surface area (Å²) in [6.07, 6.45) is 0. The molecule has 0 radical (unpaired) electrons. The molecule has 0 bridgehead atoms. The summed E-state index contributed by atoms with van der Waals surface area (Å²) in [5, 5.41) is 8.95. The fourth-order valence-electron chi connectivity index (χ4n) is 0. The molecule has 0 saturated carbocycles. The molecule has 0 aromatic heterocycles. The third-order valence-electron chi connectivity index (χ3n) is 1.25. The Balaban J connectivity index is 3.54. The van der Waals surface area contributed by atoms with Crippen molar-refractivity contribution in [3.8, 4) is 0 Å². The predicted molar refractivity (Wildman–Crippen MR) is 35.0 cm³/mol. The first kappa shape index (κ1) is 7.18. The first-order valence-corrected chi connectivity index (χ1v) is 6.20. The van der Waals surface area contributed by atoms with E-state index in [2.05, 4.69) is 19.6 Å². The third-order valence-corrected chi connectivity index (χ3v) is 3.76. The van der Waals surface area contributed by atoms with Gasteiger partial charge in [-0.1, -0.05) is 19.6 Å². The summed E-state index contributed by atoms with van der Waals surface area (Å²) in [5.74, 6) is 0. The summed E-state index contributed by atoms with van der Waals surface area (Å²) in [6.45, 7) is 8.32. The van der Waals surface area contributed by atoms with Crippen LogP contribution in [0, 0.1) is 0 Å². The van der Waals surface area contributed by atoms with Gasteiger partial charge in [0, 0.05) is 5.73 Å². The molecule has 0 spiro atoms. The van der Waals surface area contributed by atoms with Gasteiger partial charge in [0.2, 0.25) is 0 Å². The van der Waals surface area contributed by atoms with E-state index in [0.717, 1.165) is 0 Å². The van der Waals surface area contributed by atoms with Gasteiger partial charge in [-0.05, 0) is 6.92 Å². The first-order valence-electron chi connectivity index (χ1n) is 2.62. The van der Waals surface area contributed by atoms with Gasteiger partial charge in [0.05, 0.1) is 8.07 Å². The summed E-state index contributed by atoms with van der Waals surface area (Å²) >= 11 is 0. The molecule has 0 aromatic rings. The minimum absolute atomic E-state index is 0.0625. The van der Waals surface area contributed by atoms with Crippen molar-refractivity contribution in [1.82, 2.24) is 0 Å². The van der Waals surface area contributed by atoms with Gasteiger partial charge in [0.1, 0.15) is 0 Å². The molecule has 1 atom stereocenters. The second-order valence-corrected chi connectivity index (χ2v) is 8.61. The molecule has 0 aromatic carbocycles. The Kier molecular flexibility index (Phi) is 2.02. The zero-order valence-corrected chi connectivity index (χ0v) is 6.52. The predicted octanol–water partition coefficient (Wildman–Crippen LogP) is 1.24. The molecular formula is C5H14OSi. The van der Waals surface area contributed by atoms with E-state index in [0.29, 0.717) is 0 Å². The van der Waals surface area contributed by atoms with Gasteiger partial charge >= 0.3 is 0 Å². The number of hydrogen-bond acceptors (Lipinski definition) is 1. The van der Waals surface area contributed by atoms with Crippen LogP contribution in [0.15, 0.2) is 0 Å². The Bertz CT molecular complexity index is 53.6. The zero-order chi connectivity index (χ0) is 6.08. The molecule has 0 aliphatic carbocycles. The van der Waals surface area contributed by atoms with Crippen molar-refractivity contribution in [3.05, 3.63) is 0 Å². The lowest BCUT2D eigenvalue weighted by Gasteiger charge is -2.18. The van der Waals surface area contributed by atoms with Gasteiger partial charge in [-0.2, -0.15) is 0 Å². The van der Waals surface area contributed by atoms with Crippen LogP contribution in [0.2, 0.25) is 19.6 Å². The Morgan fingerprint density at radius 1 is 1.29 bits per heavy atom. The van der Waals surface area contributed by atoms with Crippen LogP contribution < -0.4 is 0 Å². The maximum absolute atomic E-state index is 8.95. The molecule has 7 heavy (non-hydrogen) atoms. The monoisotopic (exact) mass is 118 g/mol. The lowest BCUT2D eigenvalue weighted by Crippen LogP contribution is -2.35. The van der Waals surface area contributed by atoms with Crippen molar-refractivity contribution in [1.29, 1.82) is 0 Å². The molecule has 0 amide bonds. The molecular weight excluding hydrogens is 104 g/mol. The van der Waals surface area contributed by atoms with Crippen LogP contribution >= 0.6 is 0 Å². The highest BCUT2D eigenvalue weighted by atomic mass is 28.3. The minimum atomic E-state index is -1.18. The van der Waals surface area contributed by atoms with E-state index in [1.165, 1.54) is 0 Å². The molecule has 1 N–H and O–H groups in total. The summed E-state index contributed by atoms with van der Waals surface area (Å²) in [6, 6.07) is 0. The minimum Gasteiger partial charge on any atom is -0.397 e. The molecule has 0 fully saturated rings. The van der Waals surface area contributed by atoms with Crippen molar-refractivity contribution < 1.29 is 5.11 Å². The molecule has 0 saturated heterocycles. The van der Waals surface area contributed by atoms with Crippen LogP contribution in [0.3, 0.4) is 0 Å². The van der Waals surface area contributed by atoms with Crippen LogP contribution in [0.5, 0.6) is 0 Å². The lowest BCUT2D eigenvalue weighted by atomic mass is 10.9. The van der Waals surface area contributed by atoms with Gasteiger partial charge in [-0.3, -0.25) is 0 Å². The van der Waals surface area contributed by atoms with Crippen molar-refractivity contribution in [3.63, 3.8) is 0 Å². The van der Waals surface area contributed by atoms with Crippen molar-refractivity contribution in [2.45, 2.75) is 32.3 Å². The summed E-state index contributed by atoms with van der Waals surface area (Å²) in [5.41, 5.74) is -0.0625. The summed E-state index contributed by atoms with van der Waals surface area (Å²) < 4.78 is 0. The standard InChI is InChI=1S/C5H14OSi/c1-5(6)7(2,3)4/h5-6H,1-4H3/t5-/m0/s1. The summed E-state index contributed by atoms with van der Waals surface area (Å²) in [7, 11) is -1.18. The van der Waals surface area contributed by atoms with E-state index >= 15 is 0 Å². The van der Waals surface area contributed by atoms with Crippen LogP contribution in [-0.2, 0) is 0 Å². The second-order valence-electron chi connectivity index (χ2n) is 3.04. The molecule has 2 heteroatoms. The first-order chi connectivity index (χ1) is 2.94. The topological polar surface area (TPSA) is 20.2 Å². The van der Waals surface area contributed by atoms with E-state index in [9.17, 15) is 0 Å². The summed E-state index contributed by atoms with van der Waals surface area (Å²) in [4.78, 5) is 0. The number of hydrogen-bond donors (Lipinski definition) is 1. The van der Waals surface area contributed by atoms with E-state index in [-0.39, 0.29) is 5.73 Å². The molecule has 0 heterocycles. The quantitative estimate of drug-likeness (QED) is 0.514. The van der Waals surface area contributed by atoms with Gasteiger partial charge in [-0.15, -0.1) is 0 Å². The zero-order valence-electron chi connectivity index (χ0n) is 5.52. The van der Waals surface area contributed by atoms with Gasteiger partial charge in [0.15, 0.2) is 0 Å². The Morgan fingerprint density at radius 2 is 1.43 bits per heavy atom. The highest BCUT2D eigenvalue weighted by Gasteiger charge is 2.18. The lowest BCUT2D eigenvalue weighted by molar-refractivity contribution is 0.264. The van der Waals surface area contributed by atoms with Gasteiger partial charge < -0.3 is 5.11 Å². The van der Waals surface area contributed by atoms with E-state index in [4.69, 9.17) is 5.11 Å². The highest BCUT2D eigenvalue weighted by molar-refractivity contribution is 6.77. The van der Waals surface area contributed by atoms with Crippen molar-refractivity contribution in [2.75, 3.05) is 0 Å². The molecule has 0 aliphatic rings. The Hall–Kier alpha value is 0.177. The maximum atomic E-state index is 8.95. The normalized spacial score (nSPS) is 16.7. The van der Waals surface area contributed by atoms with Crippen LogP contribution in [0.1, 0.15) is 6.92 Å². The average Bonchev–Trinajstić information content (AvgIpc) is 1.31. The highest BCUT2D eigenvalue weighted by Crippen LogP contribution is 2.04. The molecule has 0 aliphatic heterocycles. The van der Waals surface area contributed by atoms with Crippen LogP contribution in [0.4, 0.5) is 0 Å². The van der Waals surface area contributed by atoms with Crippen LogP contribution in [0.25, 0.3) is 0 Å². The molecule has 44 valence electrons. The van der Waals surface area contributed by atoms with Gasteiger partial charge in [0.25, 0.3) is 0 Å². The van der Waals surface area contributed by atoms with E-state index < -0.39 is 8.07 Å². The molecule has 1 nitrogen and oxygen atoms in total. The fraction of sp³-hybridized carbons (Fsp3) is 1.00.